The van der Waals surface area contributed by atoms with Crippen molar-refractivity contribution < 1.29 is 4.79 Å². The van der Waals surface area contributed by atoms with Gasteiger partial charge in [-0.1, -0.05) is 42.8 Å². The Kier molecular flexibility index (Phi) is 4.20. The Morgan fingerprint density at radius 3 is 3.00 bits per heavy atom. The van der Waals surface area contributed by atoms with E-state index in [9.17, 15) is 4.79 Å². The van der Waals surface area contributed by atoms with Crippen LogP contribution >= 0.6 is 11.6 Å². The van der Waals surface area contributed by atoms with Gasteiger partial charge in [0.25, 0.3) is 0 Å². The Labute approximate surface area is 154 Å². The highest BCUT2D eigenvalue weighted by Crippen LogP contribution is 2.45. The molecule has 0 aromatic heterocycles. The van der Waals surface area contributed by atoms with Crippen molar-refractivity contribution in [1.82, 2.24) is 10.2 Å². The third-order valence-electron chi connectivity index (χ3n) is 5.65. The minimum absolute atomic E-state index is 0.0202. The number of hydrogen-bond donors (Lipinski definition) is 1. The first-order chi connectivity index (χ1) is 12.0. The van der Waals surface area contributed by atoms with Crippen molar-refractivity contribution in [3.05, 3.63) is 47.2 Å². The molecule has 3 unspecified atom stereocenters. The maximum atomic E-state index is 13.6. The van der Waals surface area contributed by atoms with Crippen molar-refractivity contribution in [3.63, 3.8) is 0 Å². The van der Waals surface area contributed by atoms with Gasteiger partial charge in [0.15, 0.2) is 0 Å². The molecule has 25 heavy (non-hydrogen) atoms. The molecule has 1 fully saturated rings. The highest BCUT2D eigenvalue weighted by atomic mass is 35.5. The van der Waals surface area contributed by atoms with Gasteiger partial charge in [-0.3, -0.25) is 14.7 Å². The number of amides is 1. The van der Waals surface area contributed by atoms with E-state index in [0.29, 0.717) is 11.0 Å². The van der Waals surface area contributed by atoms with E-state index in [0.717, 1.165) is 37.3 Å². The van der Waals surface area contributed by atoms with E-state index in [2.05, 4.69) is 24.4 Å². The minimum atomic E-state index is -0.826. The van der Waals surface area contributed by atoms with Crippen molar-refractivity contribution in [2.75, 3.05) is 6.54 Å². The number of carbonyl (C=O) groups is 1. The van der Waals surface area contributed by atoms with Crippen LogP contribution in [0.5, 0.6) is 0 Å². The fraction of sp³-hybridized carbons (Fsp3) is 0.500. The van der Waals surface area contributed by atoms with Gasteiger partial charge in [0.05, 0.1) is 12.1 Å². The number of allylic oxidation sites excluding steroid dienone is 5. The third kappa shape index (κ3) is 2.63. The van der Waals surface area contributed by atoms with Crippen LogP contribution in [0.25, 0.3) is 0 Å². The van der Waals surface area contributed by atoms with Gasteiger partial charge in [0, 0.05) is 10.7 Å². The van der Waals surface area contributed by atoms with Gasteiger partial charge >= 0.3 is 0 Å². The molecule has 132 valence electrons. The number of hydrogen-bond acceptors (Lipinski definition) is 3. The van der Waals surface area contributed by atoms with Gasteiger partial charge in [-0.05, 0) is 50.8 Å². The Balaban J connectivity index is 1.83. The summed E-state index contributed by atoms with van der Waals surface area (Å²) in [5, 5.41) is 4.06. The summed E-state index contributed by atoms with van der Waals surface area (Å²) in [7, 11) is 0. The van der Waals surface area contributed by atoms with Gasteiger partial charge in [-0.2, -0.15) is 0 Å². The topological polar surface area (TPSA) is 44.7 Å². The zero-order valence-corrected chi connectivity index (χ0v) is 15.5. The monoisotopic (exact) mass is 357 g/mol. The molecule has 2 aliphatic heterocycles. The summed E-state index contributed by atoms with van der Waals surface area (Å²) < 4.78 is 0. The Morgan fingerprint density at radius 1 is 1.44 bits per heavy atom. The van der Waals surface area contributed by atoms with Crippen LogP contribution in [0.3, 0.4) is 0 Å². The second-order valence-electron chi connectivity index (χ2n) is 7.53. The Hall–Kier alpha value is -1.65. The molecule has 0 spiro atoms. The van der Waals surface area contributed by atoms with Gasteiger partial charge < -0.3 is 5.32 Å². The number of aliphatic imine (C=N–C) groups is 1. The van der Waals surface area contributed by atoms with Crippen molar-refractivity contribution in [2.24, 2.45) is 16.3 Å². The number of rotatable bonds is 2. The average molecular weight is 358 g/mol. The van der Waals surface area contributed by atoms with E-state index in [1.54, 1.807) is 0 Å². The molecule has 4 nitrogen and oxygen atoms in total. The lowest BCUT2D eigenvalue weighted by molar-refractivity contribution is -0.134. The van der Waals surface area contributed by atoms with Crippen LogP contribution in [0, 0.1) is 11.3 Å². The van der Waals surface area contributed by atoms with Gasteiger partial charge in [-0.25, -0.2) is 0 Å². The van der Waals surface area contributed by atoms with Gasteiger partial charge in [0.1, 0.15) is 11.3 Å². The molecule has 1 N–H and O–H groups in total. The van der Waals surface area contributed by atoms with Crippen molar-refractivity contribution in [1.29, 1.82) is 0 Å². The second kappa shape index (κ2) is 6.26. The molecule has 4 aliphatic rings. The lowest BCUT2D eigenvalue weighted by Gasteiger charge is -2.45. The number of carbonyl (C=O) groups excluding carboxylic acids is 1. The van der Waals surface area contributed by atoms with E-state index < -0.39 is 5.41 Å². The average Bonchev–Trinajstić information content (AvgIpc) is 3.12. The minimum Gasteiger partial charge on any atom is -0.307 e. The van der Waals surface area contributed by atoms with Gasteiger partial charge in [0.2, 0.25) is 5.91 Å². The molecular weight excluding hydrogens is 334 g/mol. The number of halogens is 1. The molecule has 1 saturated heterocycles. The fourth-order valence-electron chi connectivity index (χ4n) is 4.06. The molecule has 5 heteroatoms. The molecule has 1 amide bonds. The zero-order chi connectivity index (χ0) is 17.6. The summed E-state index contributed by atoms with van der Waals surface area (Å²) in [5.41, 5.74) is 0.100. The summed E-state index contributed by atoms with van der Waals surface area (Å²) in [6, 6.07) is -0.116. The molecule has 0 saturated carbocycles. The van der Waals surface area contributed by atoms with Crippen LogP contribution in [0.4, 0.5) is 0 Å². The largest absolute Gasteiger partial charge is 0.307 e. The molecule has 4 rings (SSSR count). The van der Waals surface area contributed by atoms with E-state index in [4.69, 9.17) is 16.6 Å². The van der Waals surface area contributed by atoms with E-state index in [-0.39, 0.29) is 18.0 Å². The predicted octanol–water partition coefficient (Wildman–Crippen LogP) is 3.53. The molecule has 2 heterocycles. The highest BCUT2D eigenvalue weighted by molar-refractivity contribution is 6.33. The Morgan fingerprint density at radius 2 is 2.28 bits per heavy atom. The molecular formula is C20H24ClN3O. The smallest absolute Gasteiger partial charge is 0.246 e. The van der Waals surface area contributed by atoms with Gasteiger partial charge in [-0.15, -0.1) is 0 Å². The summed E-state index contributed by atoms with van der Waals surface area (Å²) >= 11 is 6.51. The van der Waals surface area contributed by atoms with Crippen molar-refractivity contribution >= 4 is 23.3 Å². The standard InChI is InChI=1S/C20H24ClN3O/c1-13-6-3-7-14(12-13)24-18(15-8-5-11-22-15)23-17-10-4-9-16(21)20(17,2)19(24)25/h3-4,7,9-10,12-13,15,17,22H,5-6,8,11H2,1-2H3/t13?,15?,17?,20-/m1/s1. The first-order valence-corrected chi connectivity index (χ1v) is 9.48. The van der Waals surface area contributed by atoms with Crippen LogP contribution in [0.2, 0.25) is 0 Å². The molecule has 0 aromatic rings. The lowest BCUT2D eigenvalue weighted by Crippen LogP contribution is -2.58. The maximum absolute atomic E-state index is 13.6. The molecule has 0 bridgehead atoms. The summed E-state index contributed by atoms with van der Waals surface area (Å²) in [4.78, 5) is 20.5. The van der Waals surface area contributed by atoms with E-state index in [1.807, 2.05) is 36.1 Å². The number of fused-ring (bicyclic) bond motifs is 1. The van der Waals surface area contributed by atoms with Crippen LogP contribution < -0.4 is 5.32 Å². The van der Waals surface area contributed by atoms with Crippen LogP contribution in [0.15, 0.2) is 52.2 Å². The van der Waals surface area contributed by atoms with E-state index in [1.165, 1.54) is 0 Å². The summed E-state index contributed by atoms with van der Waals surface area (Å²) in [6.45, 7) is 5.05. The molecule has 4 atom stereocenters. The van der Waals surface area contributed by atoms with Crippen molar-refractivity contribution in [2.45, 2.75) is 45.2 Å². The normalized spacial score (nSPS) is 37.6. The van der Waals surface area contributed by atoms with E-state index >= 15 is 0 Å². The highest BCUT2D eigenvalue weighted by Gasteiger charge is 2.52. The Bertz CT molecular complexity index is 742. The third-order valence-corrected chi connectivity index (χ3v) is 6.17. The SMILES string of the molecule is CC1C=C(N2C(=O)[C@]3(C)C(Cl)=CC=CC3N=C2C2CCCN2)C=CC1. The molecule has 0 radical (unpaired) electrons. The first kappa shape index (κ1) is 16.8. The zero-order valence-electron chi connectivity index (χ0n) is 14.7. The number of amidine groups is 1. The fourth-order valence-corrected chi connectivity index (χ4v) is 4.32. The number of nitrogens with one attached hydrogen (secondary N) is 1. The predicted molar refractivity (Wildman–Crippen MR) is 101 cm³/mol. The second-order valence-corrected chi connectivity index (χ2v) is 7.94. The van der Waals surface area contributed by atoms with Crippen LogP contribution in [-0.2, 0) is 4.79 Å². The molecule has 2 aliphatic carbocycles. The first-order valence-electron chi connectivity index (χ1n) is 9.10. The quantitative estimate of drug-likeness (QED) is 0.821. The summed E-state index contributed by atoms with van der Waals surface area (Å²) in [6.07, 6.45) is 15.2. The van der Waals surface area contributed by atoms with Crippen LogP contribution in [-0.4, -0.2) is 35.3 Å². The van der Waals surface area contributed by atoms with Crippen molar-refractivity contribution in [3.8, 4) is 0 Å². The summed E-state index contributed by atoms with van der Waals surface area (Å²) in [5.74, 6) is 1.27. The maximum Gasteiger partial charge on any atom is 0.246 e. The lowest BCUT2D eigenvalue weighted by atomic mass is 9.76. The van der Waals surface area contributed by atoms with Crippen LogP contribution in [0.1, 0.15) is 33.1 Å². The number of nitrogens with zero attached hydrogens (tertiary/aromatic N) is 2. The molecule has 0 aromatic carbocycles.